The fraction of sp³-hybridized carbons (Fsp3) is 0.350. The van der Waals surface area contributed by atoms with E-state index < -0.39 is 0 Å². The first-order chi connectivity index (χ1) is 11.8. The molecule has 122 valence electrons. The molecule has 0 bridgehead atoms. The monoisotopic (exact) mass is 318 g/mol. The van der Waals surface area contributed by atoms with Crippen molar-refractivity contribution in [1.82, 2.24) is 19.7 Å². The average Bonchev–Trinajstić information content (AvgIpc) is 3.37. The van der Waals surface area contributed by atoms with Crippen molar-refractivity contribution in [2.45, 2.75) is 45.1 Å². The van der Waals surface area contributed by atoms with Crippen LogP contribution < -0.4 is 0 Å². The molecule has 0 aliphatic heterocycles. The minimum absolute atomic E-state index is 0.584. The van der Waals surface area contributed by atoms with Crippen LogP contribution in [0.3, 0.4) is 0 Å². The van der Waals surface area contributed by atoms with Crippen molar-refractivity contribution >= 4 is 0 Å². The quantitative estimate of drug-likeness (QED) is 0.696. The van der Waals surface area contributed by atoms with Crippen LogP contribution in [0.4, 0.5) is 0 Å². The molecule has 0 saturated heterocycles. The Hall–Kier alpha value is -2.49. The molecule has 1 aromatic carbocycles. The summed E-state index contributed by atoms with van der Waals surface area (Å²) in [6.07, 6.45) is 8.06. The lowest BCUT2D eigenvalue weighted by Crippen LogP contribution is -2.08. The van der Waals surface area contributed by atoms with Gasteiger partial charge in [0, 0.05) is 24.7 Å². The average molecular weight is 318 g/mol. The van der Waals surface area contributed by atoms with Crippen LogP contribution in [0.15, 0.2) is 48.8 Å². The van der Waals surface area contributed by atoms with Crippen molar-refractivity contribution in [1.29, 1.82) is 0 Å². The third-order valence-electron chi connectivity index (χ3n) is 4.48. The van der Waals surface area contributed by atoms with Gasteiger partial charge in [-0.25, -0.2) is 9.67 Å². The molecule has 3 aromatic rings. The molecule has 0 atom stereocenters. The van der Waals surface area contributed by atoms with Gasteiger partial charge in [0.2, 0.25) is 0 Å². The van der Waals surface area contributed by atoms with Gasteiger partial charge < -0.3 is 0 Å². The van der Waals surface area contributed by atoms with E-state index in [4.69, 9.17) is 10.1 Å². The second-order valence-corrected chi connectivity index (χ2v) is 6.67. The summed E-state index contributed by atoms with van der Waals surface area (Å²) in [4.78, 5) is 9.03. The molecule has 1 saturated carbocycles. The minimum Gasteiger partial charge on any atom is -0.264 e. The summed E-state index contributed by atoms with van der Waals surface area (Å²) in [6.45, 7) is 2.92. The predicted molar refractivity (Wildman–Crippen MR) is 93.9 cm³/mol. The van der Waals surface area contributed by atoms with Crippen LogP contribution >= 0.6 is 0 Å². The van der Waals surface area contributed by atoms with Crippen LogP contribution in [0.5, 0.6) is 0 Å². The summed E-state index contributed by atoms with van der Waals surface area (Å²) < 4.78 is 2.10. The fourth-order valence-corrected chi connectivity index (χ4v) is 3.01. The number of hydrogen-bond donors (Lipinski definition) is 0. The summed E-state index contributed by atoms with van der Waals surface area (Å²) in [5.74, 6) is 2.70. The highest BCUT2D eigenvalue weighted by Gasteiger charge is 2.28. The number of nitrogens with zero attached hydrogens (tertiary/aromatic N) is 4. The molecule has 0 spiro atoms. The third-order valence-corrected chi connectivity index (χ3v) is 4.48. The van der Waals surface area contributed by atoms with Crippen LogP contribution in [-0.2, 0) is 19.4 Å². The van der Waals surface area contributed by atoms with Crippen LogP contribution in [0.2, 0.25) is 0 Å². The zero-order valence-corrected chi connectivity index (χ0v) is 14.0. The number of rotatable bonds is 6. The fourth-order valence-electron chi connectivity index (χ4n) is 3.01. The van der Waals surface area contributed by atoms with Gasteiger partial charge in [-0.2, -0.15) is 5.10 Å². The van der Waals surface area contributed by atoms with Crippen LogP contribution in [0.1, 0.15) is 47.1 Å². The summed E-state index contributed by atoms with van der Waals surface area (Å²) in [5, 5.41) is 4.80. The molecule has 0 amide bonds. The zero-order chi connectivity index (χ0) is 16.4. The topological polar surface area (TPSA) is 43.6 Å². The van der Waals surface area contributed by atoms with Crippen LogP contribution in [0, 0.1) is 6.92 Å². The molecule has 0 unspecified atom stereocenters. The van der Waals surface area contributed by atoms with Gasteiger partial charge in [0.1, 0.15) is 5.82 Å². The maximum Gasteiger partial charge on any atom is 0.154 e. The van der Waals surface area contributed by atoms with Crippen molar-refractivity contribution in [3.8, 4) is 0 Å². The molecule has 24 heavy (non-hydrogen) atoms. The molecule has 0 N–H and O–H groups in total. The van der Waals surface area contributed by atoms with Crippen molar-refractivity contribution < 1.29 is 0 Å². The largest absolute Gasteiger partial charge is 0.264 e. The van der Waals surface area contributed by atoms with E-state index in [0.29, 0.717) is 5.92 Å². The minimum atomic E-state index is 0.584. The van der Waals surface area contributed by atoms with E-state index in [-0.39, 0.29) is 0 Å². The molecule has 1 aliphatic carbocycles. The second-order valence-electron chi connectivity index (χ2n) is 6.67. The lowest BCUT2D eigenvalue weighted by atomic mass is 10.1. The first-order valence-corrected chi connectivity index (χ1v) is 8.66. The standard InChI is InChI=1S/C20H22N4/c1-15-4-2-5-17(12-15)14-24-19(22-20(23-24)18-8-9-18)10-7-16-6-3-11-21-13-16/h2-6,11-13,18H,7-10,14H2,1H3. The molecule has 0 radical (unpaired) electrons. The Bertz CT molecular complexity index is 819. The highest BCUT2D eigenvalue weighted by molar-refractivity contribution is 5.23. The predicted octanol–water partition coefficient (Wildman–Crippen LogP) is 3.69. The molecular formula is C20H22N4. The van der Waals surface area contributed by atoms with Gasteiger partial charge in [-0.1, -0.05) is 35.9 Å². The number of aromatic nitrogens is 4. The van der Waals surface area contributed by atoms with E-state index in [2.05, 4.69) is 46.9 Å². The number of benzene rings is 1. The Labute approximate surface area is 142 Å². The first kappa shape index (κ1) is 15.1. The lowest BCUT2D eigenvalue weighted by molar-refractivity contribution is 0.627. The van der Waals surface area contributed by atoms with E-state index in [1.54, 1.807) is 0 Å². The SMILES string of the molecule is Cc1cccc(Cn2nc(C3CC3)nc2CCc2cccnc2)c1. The van der Waals surface area contributed by atoms with E-state index >= 15 is 0 Å². The Balaban J connectivity index is 1.55. The normalized spacial score (nSPS) is 14.0. The Morgan fingerprint density at radius 1 is 1.08 bits per heavy atom. The first-order valence-electron chi connectivity index (χ1n) is 8.66. The van der Waals surface area contributed by atoms with Crippen molar-refractivity contribution in [3.63, 3.8) is 0 Å². The maximum atomic E-state index is 4.84. The van der Waals surface area contributed by atoms with Gasteiger partial charge in [0.25, 0.3) is 0 Å². The molecule has 1 fully saturated rings. The van der Waals surface area contributed by atoms with Gasteiger partial charge in [-0.3, -0.25) is 4.98 Å². The molecule has 1 aliphatic rings. The number of hydrogen-bond acceptors (Lipinski definition) is 3. The molecule has 2 heterocycles. The van der Waals surface area contributed by atoms with Crippen molar-refractivity contribution in [3.05, 3.63) is 77.1 Å². The molecule has 4 heteroatoms. The molecule has 4 nitrogen and oxygen atoms in total. The molecule has 4 rings (SSSR count). The number of aryl methyl sites for hydroxylation is 3. The van der Waals surface area contributed by atoms with E-state index in [1.165, 1.54) is 29.5 Å². The Kier molecular flexibility index (Phi) is 4.11. The van der Waals surface area contributed by atoms with Gasteiger partial charge in [-0.05, 0) is 43.4 Å². The van der Waals surface area contributed by atoms with Gasteiger partial charge in [0.15, 0.2) is 5.82 Å². The summed E-state index contributed by atoms with van der Waals surface area (Å²) in [6, 6.07) is 12.7. The number of pyridine rings is 1. The molecular weight excluding hydrogens is 296 g/mol. The summed E-state index contributed by atoms with van der Waals surface area (Å²) in [5.41, 5.74) is 3.81. The Morgan fingerprint density at radius 3 is 2.71 bits per heavy atom. The lowest BCUT2D eigenvalue weighted by Gasteiger charge is -2.07. The van der Waals surface area contributed by atoms with Gasteiger partial charge in [0.05, 0.1) is 6.54 Å². The summed E-state index contributed by atoms with van der Waals surface area (Å²) >= 11 is 0. The van der Waals surface area contributed by atoms with E-state index in [0.717, 1.165) is 31.0 Å². The van der Waals surface area contributed by atoms with Crippen molar-refractivity contribution in [2.24, 2.45) is 0 Å². The third kappa shape index (κ3) is 3.53. The molecule has 2 aromatic heterocycles. The van der Waals surface area contributed by atoms with Gasteiger partial charge >= 0.3 is 0 Å². The van der Waals surface area contributed by atoms with E-state index in [1.807, 2.05) is 18.5 Å². The van der Waals surface area contributed by atoms with Crippen molar-refractivity contribution in [2.75, 3.05) is 0 Å². The smallest absolute Gasteiger partial charge is 0.154 e. The highest BCUT2D eigenvalue weighted by atomic mass is 15.3. The van der Waals surface area contributed by atoms with Crippen LogP contribution in [-0.4, -0.2) is 19.7 Å². The van der Waals surface area contributed by atoms with Gasteiger partial charge in [-0.15, -0.1) is 0 Å². The second kappa shape index (κ2) is 6.56. The highest BCUT2D eigenvalue weighted by Crippen LogP contribution is 2.38. The maximum absolute atomic E-state index is 4.84. The zero-order valence-electron chi connectivity index (χ0n) is 14.0. The summed E-state index contributed by atoms with van der Waals surface area (Å²) in [7, 11) is 0. The van der Waals surface area contributed by atoms with E-state index in [9.17, 15) is 0 Å². The van der Waals surface area contributed by atoms with Crippen LogP contribution in [0.25, 0.3) is 0 Å². The Morgan fingerprint density at radius 2 is 1.96 bits per heavy atom.